The summed E-state index contributed by atoms with van der Waals surface area (Å²) in [5.41, 5.74) is 0.950. The van der Waals surface area contributed by atoms with Crippen molar-refractivity contribution < 1.29 is 35.9 Å². The van der Waals surface area contributed by atoms with Crippen LogP contribution in [-0.4, -0.2) is 20.7 Å². The van der Waals surface area contributed by atoms with Crippen molar-refractivity contribution in [2.75, 3.05) is 5.32 Å². The predicted molar refractivity (Wildman–Crippen MR) is 110 cm³/mol. The number of carbonyl (C=O) groups is 1. The molecule has 32 heavy (non-hydrogen) atoms. The summed E-state index contributed by atoms with van der Waals surface area (Å²) in [5.74, 6) is -0.957. The fraction of sp³-hybridized carbons (Fsp3) is 0.0952. The minimum absolute atomic E-state index is 0.0466. The first-order valence-electron chi connectivity index (χ1n) is 9.04. The van der Waals surface area contributed by atoms with E-state index in [1.807, 2.05) is 6.07 Å². The third-order valence-corrected chi connectivity index (χ3v) is 4.96. The zero-order chi connectivity index (χ0) is 23.4. The molecule has 3 aromatic rings. The number of hydrogen-bond acceptors (Lipinski definition) is 5. The largest absolute Gasteiger partial charge is 0.573 e. The molecule has 0 aromatic heterocycles. The molecule has 3 rings (SSSR count). The quantitative estimate of drug-likeness (QED) is 0.543. The average molecular weight is 466 g/mol. The Hall–Kier alpha value is -3.57. The number of benzene rings is 3. The molecule has 11 heteroatoms. The highest BCUT2D eigenvalue weighted by Crippen LogP contribution is 2.32. The molecular weight excluding hydrogens is 449 g/mol. The van der Waals surface area contributed by atoms with Gasteiger partial charge < -0.3 is 14.8 Å². The maximum absolute atomic E-state index is 12.3. The molecule has 168 valence electrons. The van der Waals surface area contributed by atoms with E-state index >= 15 is 0 Å². The Morgan fingerprint density at radius 3 is 2.16 bits per heavy atom. The van der Waals surface area contributed by atoms with Crippen LogP contribution >= 0.6 is 0 Å². The lowest BCUT2D eigenvalue weighted by molar-refractivity contribution is -0.274. The van der Waals surface area contributed by atoms with Gasteiger partial charge in [0.15, 0.2) is 0 Å². The van der Waals surface area contributed by atoms with Crippen molar-refractivity contribution in [3.05, 3.63) is 78.4 Å². The number of nitrogens with one attached hydrogen (secondary N) is 1. The second-order valence-corrected chi connectivity index (χ2v) is 8.07. The molecule has 0 saturated heterocycles. The van der Waals surface area contributed by atoms with Crippen molar-refractivity contribution in [1.82, 2.24) is 0 Å². The molecule has 0 fully saturated rings. The van der Waals surface area contributed by atoms with Crippen LogP contribution in [0, 0.1) is 0 Å². The summed E-state index contributed by atoms with van der Waals surface area (Å²) in [5, 5.41) is 7.85. The van der Waals surface area contributed by atoms with Crippen molar-refractivity contribution in [3.8, 4) is 17.2 Å². The minimum atomic E-state index is -4.84. The van der Waals surface area contributed by atoms with E-state index in [4.69, 9.17) is 9.88 Å². The van der Waals surface area contributed by atoms with E-state index in [2.05, 4.69) is 10.1 Å². The van der Waals surface area contributed by atoms with Gasteiger partial charge in [-0.1, -0.05) is 30.3 Å². The Bertz CT molecular complexity index is 1200. The Morgan fingerprint density at radius 1 is 0.938 bits per heavy atom. The van der Waals surface area contributed by atoms with E-state index < -0.39 is 27.0 Å². The molecule has 0 radical (unpaired) electrons. The standard InChI is InChI=1S/C21H17F3N2O5S/c22-21(23,24)31-17-9-7-16(8-10-17)30-18-11-6-15(13-19(18)32(25,28)29)26-20(27)12-14-4-2-1-3-5-14/h1-11,13H,12H2,(H,26,27)(H2,25,28,29). The lowest BCUT2D eigenvalue weighted by Gasteiger charge is -2.13. The predicted octanol–water partition coefficient (Wildman–Crippen LogP) is 4.21. The van der Waals surface area contributed by atoms with Gasteiger partial charge in [-0.2, -0.15) is 0 Å². The summed E-state index contributed by atoms with van der Waals surface area (Å²) >= 11 is 0. The monoisotopic (exact) mass is 466 g/mol. The van der Waals surface area contributed by atoms with Gasteiger partial charge in [-0.25, -0.2) is 13.6 Å². The summed E-state index contributed by atoms with van der Waals surface area (Å²) in [6.45, 7) is 0. The van der Waals surface area contributed by atoms with Crippen molar-refractivity contribution in [1.29, 1.82) is 0 Å². The summed E-state index contributed by atoms with van der Waals surface area (Å²) in [4.78, 5) is 11.8. The third-order valence-electron chi connectivity index (χ3n) is 4.03. The molecule has 1 amide bonds. The van der Waals surface area contributed by atoms with Crippen molar-refractivity contribution in [3.63, 3.8) is 0 Å². The minimum Gasteiger partial charge on any atom is -0.456 e. The first-order valence-corrected chi connectivity index (χ1v) is 10.6. The normalized spacial score (nSPS) is 11.6. The van der Waals surface area contributed by atoms with Gasteiger partial charge in [0, 0.05) is 5.69 Å². The van der Waals surface area contributed by atoms with Gasteiger partial charge >= 0.3 is 6.36 Å². The molecule has 0 aliphatic rings. The number of alkyl halides is 3. The van der Waals surface area contributed by atoms with Crippen molar-refractivity contribution in [2.45, 2.75) is 17.7 Å². The fourth-order valence-electron chi connectivity index (χ4n) is 2.72. The third kappa shape index (κ3) is 6.72. The SMILES string of the molecule is NS(=O)(=O)c1cc(NC(=O)Cc2ccccc2)ccc1Oc1ccc(OC(F)(F)F)cc1. The summed E-state index contributed by atoms with van der Waals surface area (Å²) in [7, 11) is -4.25. The van der Waals surface area contributed by atoms with Crippen LogP contribution in [0.25, 0.3) is 0 Å². The van der Waals surface area contributed by atoms with Crippen LogP contribution in [0.3, 0.4) is 0 Å². The number of nitrogens with two attached hydrogens (primary N) is 1. The molecule has 0 aliphatic carbocycles. The molecule has 0 aliphatic heterocycles. The number of primary sulfonamides is 1. The van der Waals surface area contributed by atoms with Crippen molar-refractivity contribution in [2.24, 2.45) is 5.14 Å². The first kappa shape index (κ1) is 23.1. The smallest absolute Gasteiger partial charge is 0.456 e. The molecule has 0 bridgehead atoms. The first-order chi connectivity index (χ1) is 15.0. The zero-order valence-corrected chi connectivity index (χ0v) is 17.1. The Kier molecular flexibility index (Phi) is 6.70. The maximum atomic E-state index is 12.3. The molecule has 0 atom stereocenters. The van der Waals surface area contributed by atoms with Gasteiger partial charge in [0.25, 0.3) is 0 Å². The van der Waals surface area contributed by atoms with E-state index in [9.17, 15) is 26.4 Å². The lowest BCUT2D eigenvalue weighted by Crippen LogP contribution is -2.17. The van der Waals surface area contributed by atoms with Gasteiger partial charge in [-0.15, -0.1) is 13.2 Å². The fourth-order valence-corrected chi connectivity index (χ4v) is 3.40. The van der Waals surface area contributed by atoms with Crippen LogP contribution in [0.15, 0.2) is 77.7 Å². The van der Waals surface area contributed by atoms with Gasteiger partial charge in [-0.05, 0) is 48.0 Å². The number of anilines is 1. The number of sulfonamides is 1. The second-order valence-electron chi connectivity index (χ2n) is 6.54. The van der Waals surface area contributed by atoms with Gasteiger partial charge in [-0.3, -0.25) is 4.79 Å². The molecular formula is C21H17F3N2O5S. The molecule has 7 nitrogen and oxygen atoms in total. The van der Waals surface area contributed by atoms with Gasteiger partial charge in [0.2, 0.25) is 15.9 Å². The Morgan fingerprint density at radius 2 is 1.56 bits per heavy atom. The highest BCUT2D eigenvalue weighted by Gasteiger charge is 2.31. The number of hydrogen-bond donors (Lipinski definition) is 2. The molecule has 0 heterocycles. The van der Waals surface area contributed by atoms with Crippen LogP contribution < -0.4 is 19.9 Å². The number of halogens is 3. The number of carbonyl (C=O) groups excluding carboxylic acids is 1. The topological polar surface area (TPSA) is 108 Å². The van der Waals surface area contributed by atoms with Crippen LogP contribution in [-0.2, 0) is 21.2 Å². The van der Waals surface area contributed by atoms with Crippen molar-refractivity contribution >= 4 is 21.6 Å². The van der Waals surface area contributed by atoms with Crippen LogP contribution in [0.2, 0.25) is 0 Å². The maximum Gasteiger partial charge on any atom is 0.573 e. The Labute approximate surface area is 181 Å². The molecule has 3 N–H and O–H groups in total. The second kappa shape index (κ2) is 9.28. The highest BCUT2D eigenvalue weighted by atomic mass is 32.2. The van der Waals surface area contributed by atoms with E-state index in [1.54, 1.807) is 24.3 Å². The molecule has 0 spiro atoms. The van der Waals surface area contributed by atoms with E-state index in [0.717, 1.165) is 23.8 Å². The van der Waals surface area contributed by atoms with E-state index in [1.165, 1.54) is 24.3 Å². The van der Waals surface area contributed by atoms with Gasteiger partial charge in [0.05, 0.1) is 6.42 Å². The lowest BCUT2D eigenvalue weighted by atomic mass is 10.1. The van der Waals surface area contributed by atoms with Crippen LogP contribution in [0.1, 0.15) is 5.56 Å². The molecule has 3 aromatic carbocycles. The molecule has 0 saturated carbocycles. The van der Waals surface area contributed by atoms with Gasteiger partial charge in [0.1, 0.15) is 22.1 Å². The summed E-state index contributed by atoms with van der Waals surface area (Å²) in [6.07, 6.45) is -4.76. The number of rotatable bonds is 7. The Balaban J connectivity index is 1.77. The zero-order valence-electron chi connectivity index (χ0n) is 16.3. The average Bonchev–Trinajstić information content (AvgIpc) is 2.69. The van der Waals surface area contributed by atoms with Crippen LogP contribution in [0.4, 0.5) is 18.9 Å². The van der Waals surface area contributed by atoms with E-state index in [-0.39, 0.29) is 29.5 Å². The number of amides is 1. The molecule has 0 unspecified atom stereocenters. The van der Waals surface area contributed by atoms with Crippen LogP contribution in [0.5, 0.6) is 17.2 Å². The highest BCUT2D eigenvalue weighted by molar-refractivity contribution is 7.89. The summed E-state index contributed by atoms with van der Waals surface area (Å²) < 4.78 is 70.1. The van der Waals surface area contributed by atoms with E-state index in [0.29, 0.717) is 0 Å². The summed E-state index contributed by atoms with van der Waals surface area (Å²) in [6, 6.07) is 17.1. The number of ether oxygens (including phenoxy) is 2.